The summed E-state index contributed by atoms with van der Waals surface area (Å²) < 4.78 is 84.5. The van der Waals surface area contributed by atoms with Gasteiger partial charge in [-0.1, -0.05) is 12.1 Å². The largest absolute Gasteiger partial charge is 0.491 e. The number of amides is 4. The quantitative estimate of drug-likeness (QED) is 0.0774. The number of pyridine rings is 1. The number of aromatic amines is 1. The van der Waals surface area contributed by atoms with Crippen molar-refractivity contribution in [2.75, 3.05) is 75.3 Å². The lowest BCUT2D eigenvalue weighted by atomic mass is 9.99. The lowest BCUT2D eigenvalue weighted by Crippen LogP contribution is -2.54. The maximum atomic E-state index is 15.7. The van der Waals surface area contributed by atoms with Crippen LogP contribution in [-0.4, -0.2) is 140 Å². The summed E-state index contributed by atoms with van der Waals surface area (Å²) in [4.78, 5) is 76.4. The van der Waals surface area contributed by atoms with Crippen LogP contribution in [0.3, 0.4) is 0 Å². The minimum Gasteiger partial charge on any atom is -0.491 e. The van der Waals surface area contributed by atoms with Crippen LogP contribution < -0.4 is 19.7 Å². The highest BCUT2D eigenvalue weighted by atomic mass is 32.2. The maximum absolute atomic E-state index is 15.7. The lowest BCUT2D eigenvalue weighted by Gasteiger charge is -2.36. The number of carbonyl (C=O) groups excluding carboxylic acids is 5. The summed E-state index contributed by atoms with van der Waals surface area (Å²) in [5.74, 6) is -5.52. The zero-order valence-corrected chi connectivity index (χ0v) is 36.0. The van der Waals surface area contributed by atoms with Crippen LogP contribution in [0.1, 0.15) is 55.9 Å². The topological polar surface area (TPSA) is 204 Å². The van der Waals surface area contributed by atoms with Gasteiger partial charge in [-0.05, 0) is 66.9 Å². The van der Waals surface area contributed by atoms with Crippen LogP contribution in [0.4, 0.5) is 24.5 Å². The molecule has 4 aliphatic rings. The smallest absolute Gasteiger partial charge is 0.301 e. The van der Waals surface area contributed by atoms with Gasteiger partial charge in [0.2, 0.25) is 17.6 Å². The molecule has 21 heteroatoms. The van der Waals surface area contributed by atoms with Crippen LogP contribution in [0.15, 0.2) is 73.1 Å². The van der Waals surface area contributed by atoms with Crippen molar-refractivity contribution in [2.45, 2.75) is 31.5 Å². The molecule has 3 aromatic carbocycles. The van der Waals surface area contributed by atoms with Gasteiger partial charge < -0.3 is 19.4 Å². The van der Waals surface area contributed by atoms with E-state index in [1.165, 1.54) is 18.3 Å². The number of halogens is 3. The predicted molar refractivity (Wildman–Crippen MR) is 233 cm³/mol. The molecule has 3 saturated heterocycles. The molecule has 9 rings (SSSR count). The van der Waals surface area contributed by atoms with Crippen LogP contribution in [0.5, 0.6) is 5.75 Å². The molecule has 0 radical (unpaired) electrons. The number of alkyl halides is 1. The Bertz CT molecular complexity index is 2870. The minimum absolute atomic E-state index is 0.00682. The number of ketones is 1. The number of fused-ring (bicyclic) bond motifs is 2. The summed E-state index contributed by atoms with van der Waals surface area (Å²) in [5.41, 5.74) is 1.40. The van der Waals surface area contributed by atoms with Crippen molar-refractivity contribution in [1.29, 1.82) is 0 Å². The normalized spacial score (nSPS) is 19.4. The predicted octanol–water partition coefficient (Wildman–Crippen LogP) is 4.06. The van der Waals surface area contributed by atoms with Gasteiger partial charge in [0.25, 0.3) is 11.8 Å². The molecule has 66 heavy (non-hydrogen) atoms. The Hall–Kier alpha value is -6.68. The minimum atomic E-state index is -4.37. The van der Waals surface area contributed by atoms with Crippen molar-refractivity contribution in [3.05, 3.63) is 107 Å². The fourth-order valence-electron chi connectivity index (χ4n) is 8.58. The Morgan fingerprint density at radius 1 is 0.864 bits per heavy atom. The van der Waals surface area contributed by atoms with Gasteiger partial charge in [0.05, 0.1) is 35.6 Å². The standard InChI is InChI=1S/C45H43F3N8O9S/c46-28-11-12-55(25-28)66(62,63)52-36-8-7-35(47)39(40(36)48)41(58)34-24-50-42-32(34)21-27(23-49-42)26-1-3-29(4-2-26)54-15-13-53(14-16-54)17-18-64-19-20-65-30-5-6-31-33(22-30)45(61)56(44(31)60)37-9-10-38(57)51-43(37)59/h1-8,21-24,28,37,52H,9-20,25H2,(H,49,50)(H,51,57,59). The third-order valence-corrected chi connectivity index (χ3v) is 13.7. The first-order valence-corrected chi connectivity index (χ1v) is 22.8. The summed E-state index contributed by atoms with van der Waals surface area (Å²) >= 11 is 0. The highest BCUT2D eigenvalue weighted by Crippen LogP contribution is 2.33. The number of hydrogen-bond acceptors (Lipinski definition) is 12. The molecule has 0 spiro atoms. The molecule has 3 N–H and O–H groups in total. The van der Waals surface area contributed by atoms with Crippen LogP contribution in [0, 0.1) is 11.6 Å². The van der Waals surface area contributed by atoms with Crippen molar-refractivity contribution in [2.24, 2.45) is 0 Å². The van der Waals surface area contributed by atoms with E-state index in [0.717, 1.165) is 58.8 Å². The number of nitrogens with one attached hydrogen (secondary N) is 3. The summed E-state index contributed by atoms with van der Waals surface area (Å²) in [6.07, 6.45) is 1.66. The first-order valence-electron chi connectivity index (χ1n) is 21.3. The zero-order chi connectivity index (χ0) is 46.3. The second kappa shape index (κ2) is 18.3. The highest BCUT2D eigenvalue weighted by molar-refractivity contribution is 7.90. The lowest BCUT2D eigenvalue weighted by molar-refractivity contribution is -0.136. The molecule has 344 valence electrons. The van der Waals surface area contributed by atoms with Gasteiger partial charge in [-0.3, -0.25) is 43.8 Å². The Labute approximate surface area is 376 Å². The number of anilines is 2. The number of imide groups is 2. The van der Waals surface area contributed by atoms with Crippen molar-refractivity contribution in [3.63, 3.8) is 0 Å². The first-order chi connectivity index (χ1) is 31.8. The van der Waals surface area contributed by atoms with Crippen molar-refractivity contribution >= 4 is 62.0 Å². The molecule has 6 heterocycles. The van der Waals surface area contributed by atoms with Gasteiger partial charge in [-0.15, -0.1) is 0 Å². The first kappa shape index (κ1) is 44.5. The zero-order valence-electron chi connectivity index (χ0n) is 35.2. The molecular weight excluding hydrogens is 886 g/mol. The number of aromatic nitrogens is 2. The molecule has 0 aliphatic carbocycles. The number of carbonyl (C=O) groups is 5. The van der Waals surface area contributed by atoms with E-state index in [2.05, 4.69) is 25.1 Å². The van der Waals surface area contributed by atoms with E-state index >= 15 is 8.78 Å². The number of piperidine rings is 1. The van der Waals surface area contributed by atoms with Crippen LogP contribution in [0.25, 0.3) is 22.2 Å². The molecule has 17 nitrogen and oxygen atoms in total. The van der Waals surface area contributed by atoms with Gasteiger partial charge >= 0.3 is 10.2 Å². The van der Waals surface area contributed by atoms with E-state index in [1.807, 2.05) is 29.0 Å². The van der Waals surface area contributed by atoms with Crippen LogP contribution in [0.2, 0.25) is 0 Å². The van der Waals surface area contributed by atoms with Gasteiger partial charge in [-0.25, -0.2) is 18.2 Å². The summed E-state index contributed by atoms with van der Waals surface area (Å²) in [7, 11) is -4.37. The van der Waals surface area contributed by atoms with Crippen molar-refractivity contribution < 1.29 is 55.0 Å². The number of benzene rings is 3. The van der Waals surface area contributed by atoms with Gasteiger partial charge in [0.15, 0.2) is 5.82 Å². The molecule has 4 aliphatic heterocycles. The molecule has 4 amide bonds. The second-order valence-electron chi connectivity index (χ2n) is 16.3. The number of H-pyrrole nitrogens is 1. The molecule has 5 aromatic rings. The Morgan fingerprint density at radius 2 is 1.64 bits per heavy atom. The molecule has 2 aromatic heterocycles. The molecule has 2 atom stereocenters. The average molecular weight is 929 g/mol. The Balaban J connectivity index is 0.745. The summed E-state index contributed by atoms with van der Waals surface area (Å²) in [6.45, 7) is 4.35. The molecule has 0 bridgehead atoms. The number of hydrogen-bond donors (Lipinski definition) is 3. The Morgan fingerprint density at radius 3 is 2.38 bits per heavy atom. The summed E-state index contributed by atoms with van der Waals surface area (Å²) in [6, 6.07) is 14.7. The van der Waals surface area contributed by atoms with E-state index in [4.69, 9.17) is 9.47 Å². The summed E-state index contributed by atoms with van der Waals surface area (Å²) in [5, 5.41) is 2.49. The molecule has 2 unspecified atom stereocenters. The average Bonchev–Trinajstić information content (AvgIpc) is 4.01. The number of piperazine rings is 1. The van der Waals surface area contributed by atoms with E-state index in [-0.39, 0.29) is 49.1 Å². The highest BCUT2D eigenvalue weighted by Gasteiger charge is 2.45. The van der Waals surface area contributed by atoms with E-state index < -0.39 is 81.3 Å². The number of rotatable bonds is 15. The van der Waals surface area contributed by atoms with Crippen LogP contribution in [-0.2, 0) is 24.5 Å². The van der Waals surface area contributed by atoms with Crippen molar-refractivity contribution in [3.8, 4) is 16.9 Å². The van der Waals surface area contributed by atoms with Gasteiger partial charge in [-0.2, -0.15) is 12.7 Å². The SMILES string of the molecule is O=C1CCC(N2C(=O)c3ccc(OCCOCCN4CCN(c5ccc(-c6cnc7[nH]cc(C(=O)c8c(F)ccc(NS(=O)(=O)N9CCC(F)C9)c8F)c7c6)cc5)CC4)cc3C2=O)C(=O)N1. The van der Waals surface area contributed by atoms with E-state index in [9.17, 15) is 36.8 Å². The monoisotopic (exact) mass is 928 g/mol. The Kier molecular flexibility index (Phi) is 12.3. The van der Waals surface area contributed by atoms with E-state index in [0.29, 0.717) is 42.1 Å². The third kappa shape index (κ3) is 8.85. The maximum Gasteiger partial charge on any atom is 0.301 e. The van der Waals surface area contributed by atoms with Crippen LogP contribution >= 0.6 is 0 Å². The second-order valence-corrected chi connectivity index (χ2v) is 17.9. The molecular formula is C45H43F3N8O9S. The fraction of sp³-hybridized carbons (Fsp3) is 0.333. The molecule has 3 fully saturated rings. The number of ether oxygens (including phenoxy) is 2. The molecule has 0 saturated carbocycles. The van der Waals surface area contributed by atoms with Gasteiger partial charge in [0, 0.05) is 86.8 Å². The van der Waals surface area contributed by atoms with Gasteiger partial charge in [0.1, 0.15) is 36.0 Å². The number of nitrogens with zero attached hydrogens (tertiary/aromatic N) is 5. The third-order valence-electron chi connectivity index (χ3n) is 12.2. The van der Waals surface area contributed by atoms with Crippen molar-refractivity contribution in [1.82, 2.24) is 29.4 Å². The van der Waals surface area contributed by atoms with E-state index in [1.54, 1.807) is 18.3 Å². The fourth-order valence-corrected chi connectivity index (χ4v) is 9.85.